The fourth-order valence-corrected chi connectivity index (χ4v) is 2.48. The van der Waals surface area contributed by atoms with Crippen LogP contribution in [0, 0.1) is 0 Å². The standard InChI is InChI=1S/C11H16N4S/c1-4-8-5-9(10(12)16-8)11-14-13-6-15(11)7(2)3/h5-7H,4,12H2,1-3H3. The fraction of sp³-hybridized carbons (Fsp3) is 0.455. The lowest BCUT2D eigenvalue weighted by atomic mass is 10.2. The monoisotopic (exact) mass is 236 g/mol. The van der Waals surface area contributed by atoms with Gasteiger partial charge in [-0.1, -0.05) is 6.92 Å². The number of aromatic nitrogens is 3. The lowest BCUT2D eigenvalue weighted by Gasteiger charge is -2.09. The molecule has 2 aromatic heterocycles. The Morgan fingerprint density at radius 3 is 2.81 bits per heavy atom. The molecule has 0 aliphatic rings. The molecule has 0 bridgehead atoms. The minimum absolute atomic E-state index is 0.342. The molecule has 0 aliphatic heterocycles. The Balaban J connectivity index is 2.49. The van der Waals surface area contributed by atoms with Gasteiger partial charge in [0.05, 0.1) is 10.6 Å². The molecular weight excluding hydrogens is 220 g/mol. The topological polar surface area (TPSA) is 56.7 Å². The van der Waals surface area contributed by atoms with Crippen molar-refractivity contribution in [2.45, 2.75) is 33.2 Å². The molecule has 4 nitrogen and oxygen atoms in total. The van der Waals surface area contributed by atoms with Crippen LogP contribution in [0.1, 0.15) is 31.7 Å². The highest BCUT2D eigenvalue weighted by molar-refractivity contribution is 7.16. The van der Waals surface area contributed by atoms with Crippen molar-refractivity contribution < 1.29 is 0 Å². The maximum absolute atomic E-state index is 6.01. The van der Waals surface area contributed by atoms with Gasteiger partial charge in [0.25, 0.3) is 0 Å². The van der Waals surface area contributed by atoms with Crippen LogP contribution in [0.5, 0.6) is 0 Å². The largest absolute Gasteiger partial charge is 0.390 e. The summed E-state index contributed by atoms with van der Waals surface area (Å²) in [7, 11) is 0. The van der Waals surface area contributed by atoms with Crippen LogP contribution in [-0.2, 0) is 6.42 Å². The molecule has 2 rings (SSSR count). The third-order valence-corrected chi connectivity index (χ3v) is 3.64. The third kappa shape index (κ3) is 1.82. The summed E-state index contributed by atoms with van der Waals surface area (Å²) < 4.78 is 2.04. The van der Waals surface area contributed by atoms with Crippen LogP contribution in [0.25, 0.3) is 11.4 Å². The van der Waals surface area contributed by atoms with Gasteiger partial charge < -0.3 is 10.3 Å². The van der Waals surface area contributed by atoms with Gasteiger partial charge in [-0.25, -0.2) is 0 Å². The minimum Gasteiger partial charge on any atom is -0.390 e. The van der Waals surface area contributed by atoms with E-state index in [2.05, 4.69) is 37.0 Å². The zero-order chi connectivity index (χ0) is 11.7. The number of nitrogen functional groups attached to an aromatic ring is 1. The van der Waals surface area contributed by atoms with Gasteiger partial charge in [0, 0.05) is 10.9 Å². The quantitative estimate of drug-likeness (QED) is 0.891. The molecule has 0 aliphatic carbocycles. The first-order valence-corrected chi connectivity index (χ1v) is 6.23. The normalized spacial score (nSPS) is 11.2. The number of nitrogens with zero attached hydrogens (tertiary/aromatic N) is 3. The Bertz CT molecular complexity index is 484. The predicted molar refractivity (Wildman–Crippen MR) is 67.5 cm³/mol. The second-order valence-electron chi connectivity index (χ2n) is 4.00. The highest BCUT2D eigenvalue weighted by Crippen LogP contribution is 2.33. The van der Waals surface area contributed by atoms with Crippen molar-refractivity contribution in [3.05, 3.63) is 17.3 Å². The van der Waals surface area contributed by atoms with Gasteiger partial charge in [-0.15, -0.1) is 21.5 Å². The molecule has 2 aromatic rings. The van der Waals surface area contributed by atoms with E-state index >= 15 is 0 Å². The first-order valence-electron chi connectivity index (χ1n) is 5.41. The lowest BCUT2D eigenvalue weighted by molar-refractivity contribution is 0.604. The molecule has 16 heavy (non-hydrogen) atoms. The molecule has 0 fully saturated rings. The number of thiophene rings is 1. The molecule has 0 spiro atoms. The molecule has 0 atom stereocenters. The lowest BCUT2D eigenvalue weighted by Crippen LogP contribution is -2.02. The van der Waals surface area contributed by atoms with E-state index in [0.717, 1.165) is 22.8 Å². The molecule has 0 saturated carbocycles. The van der Waals surface area contributed by atoms with E-state index in [9.17, 15) is 0 Å². The number of rotatable bonds is 3. The summed E-state index contributed by atoms with van der Waals surface area (Å²) in [6, 6.07) is 2.46. The van der Waals surface area contributed by atoms with Gasteiger partial charge in [-0.3, -0.25) is 0 Å². The van der Waals surface area contributed by atoms with Gasteiger partial charge in [0.1, 0.15) is 6.33 Å². The second-order valence-corrected chi connectivity index (χ2v) is 5.17. The van der Waals surface area contributed by atoms with E-state index in [1.165, 1.54) is 4.88 Å². The molecule has 0 radical (unpaired) electrons. The molecular formula is C11H16N4S. The van der Waals surface area contributed by atoms with Crippen LogP contribution in [0.2, 0.25) is 0 Å². The number of anilines is 1. The first kappa shape index (κ1) is 11.1. The Labute approximate surface area is 99.1 Å². The maximum atomic E-state index is 6.01. The summed E-state index contributed by atoms with van der Waals surface area (Å²) >= 11 is 1.63. The van der Waals surface area contributed by atoms with Crippen LogP contribution in [0.4, 0.5) is 5.00 Å². The van der Waals surface area contributed by atoms with E-state index in [1.807, 2.05) is 4.57 Å². The van der Waals surface area contributed by atoms with Gasteiger partial charge in [0.15, 0.2) is 5.82 Å². The van der Waals surface area contributed by atoms with Crippen LogP contribution in [-0.4, -0.2) is 14.8 Å². The van der Waals surface area contributed by atoms with Crippen molar-refractivity contribution in [2.24, 2.45) is 0 Å². The average Bonchev–Trinajstić information content (AvgIpc) is 2.82. The predicted octanol–water partition coefficient (Wildman–Crippen LogP) is 2.73. The number of aryl methyl sites for hydroxylation is 1. The van der Waals surface area contributed by atoms with Crippen molar-refractivity contribution in [3.8, 4) is 11.4 Å². The minimum atomic E-state index is 0.342. The van der Waals surface area contributed by atoms with Gasteiger partial charge in [-0.05, 0) is 26.3 Å². The second kappa shape index (κ2) is 4.25. The van der Waals surface area contributed by atoms with Crippen LogP contribution < -0.4 is 5.73 Å². The molecule has 5 heteroatoms. The fourth-order valence-electron chi connectivity index (χ4n) is 1.62. The van der Waals surface area contributed by atoms with E-state index < -0.39 is 0 Å². The summed E-state index contributed by atoms with van der Waals surface area (Å²) in [5.41, 5.74) is 7.02. The zero-order valence-corrected chi connectivity index (χ0v) is 10.6. The summed E-state index contributed by atoms with van der Waals surface area (Å²) in [5, 5.41) is 8.94. The Hall–Kier alpha value is -1.36. The van der Waals surface area contributed by atoms with Gasteiger partial charge >= 0.3 is 0 Å². The van der Waals surface area contributed by atoms with Crippen molar-refractivity contribution in [1.29, 1.82) is 0 Å². The van der Waals surface area contributed by atoms with E-state index in [0.29, 0.717) is 6.04 Å². The molecule has 86 valence electrons. The summed E-state index contributed by atoms with van der Waals surface area (Å²) in [6.07, 6.45) is 2.76. The number of nitrogens with two attached hydrogens (primary N) is 1. The van der Waals surface area contributed by atoms with E-state index in [4.69, 9.17) is 5.73 Å². The summed E-state index contributed by atoms with van der Waals surface area (Å²) in [5.74, 6) is 0.864. The SMILES string of the molecule is CCc1cc(-c2nncn2C(C)C)c(N)s1. The molecule has 0 unspecified atom stereocenters. The number of hydrogen-bond acceptors (Lipinski definition) is 4. The van der Waals surface area contributed by atoms with Crippen LogP contribution in [0.3, 0.4) is 0 Å². The van der Waals surface area contributed by atoms with Crippen molar-refractivity contribution in [2.75, 3.05) is 5.73 Å². The van der Waals surface area contributed by atoms with E-state index in [-0.39, 0.29) is 0 Å². The van der Waals surface area contributed by atoms with Gasteiger partial charge in [-0.2, -0.15) is 0 Å². The van der Waals surface area contributed by atoms with E-state index in [1.54, 1.807) is 17.7 Å². The number of hydrogen-bond donors (Lipinski definition) is 1. The molecule has 0 amide bonds. The van der Waals surface area contributed by atoms with Crippen molar-refractivity contribution >= 4 is 16.3 Å². The average molecular weight is 236 g/mol. The zero-order valence-electron chi connectivity index (χ0n) is 9.77. The smallest absolute Gasteiger partial charge is 0.166 e. The van der Waals surface area contributed by atoms with Crippen molar-refractivity contribution in [1.82, 2.24) is 14.8 Å². The first-order chi connectivity index (χ1) is 7.63. The molecule has 0 aromatic carbocycles. The molecule has 2 heterocycles. The van der Waals surface area contributed by atoms with Crippen LogP contribution >= 0.6 is 11.3 Å². The third-order valence-electron chi connectivity index (χ3n) is 2.53. The highest BCUT2D eigenvalue weighted by atomic mass is 32.1. The summed E-state index contributed by atoms with van der Waals surface area (Å²) in [4.78, 5) is 1.28. The van der Waals surface area contributed by atoms with Crippen molar-refractivity contribution in [3.63, 3.8) is 0 Å². The van der Waals surface area contributed by atoms with Gasteiger partial charge in [0.2, 0.25) is 0 Å². The Kier molecular flexibility index (Phi) is 2.96. The molecule has 2 N–H and O–H groups in total. The Morgan fingerprint density at radius 1 is 1.50 bits per heavy atom. The maximum Gasteiger partial charge on any atom is 0.166 e. The highest BCUT2D eigenvalue weighted by Gasteiger charge is 2.15. The molecule has 0 saturated heterocycles. The van der Waals surface area contributed by atoms with Crippen LogP contribution in [0.15, 0.2) is 12.4 Å². The Morgan fingerprint density at radius 2 is 2.25 bits per heavy atom. The summed E-state index contributed by atoms with van der Waals surface area (Å²) in [6.45, 7) is 6.34.